The normalized spacial score (nSPS) is 10.4. The van der Waals surface area contributed by atoms with Crippen LogP contribution in [0.15, 0.2) is 15.9 Å². The number of thioether (sulfide) groups is 1. The average Bonchev–Trinajstić information content (AvgIpc) is 2.37. The van der Waals surface area contributed by atoms with Gasteiger partial charge in [-0.25, -0.2) is 4.98 Å². The molecule has 0 aromatic carbocycles. The Morgan fingerprint density at radius 2 is 2.55 bits per heavy atom. The Hall–Kier alpha value is -0.480. The minimum Gasteiger partial charge on any atom is -0.440 e. The van der Waals surface area contributed by atoms with Crippen molar-refractivity contribution in [2.45, 2.75) is 18.6 Å². The molecule has 0 amide bonds. The number of hydrogen-bond acceptors (Lipinski definition) is 4. The van der Waals surface area contributed by atoms with Crippen LogP contribution in [0.3, 0.4) is 0 Å². The molecule has 0 aliphatic rings. The molecule has 0 fully saturated rings. The Labute approximate surface area is 69.8 Å². The summed E-state index contributed by atoms with van der Waals surface area (Å²) in [4.78, 5) is 4.10. The van der Waals surface area contributed by atoms with Crippen LogP contribution in [0.25, 0.3) is 0 Å². The number of aliphatic hydroxyl groups is 1. The van der Waals surface area contributed by atoms with E-state index in [9.17, 15) is 0 Å². The zero-order valence-corrected chi connectivity index (χ0v) is 7.23. The van der Waals surface area contributed by atoms with Gasteiger partial charge in [-0.3, -0.25) is 0 Å². The molecule has 0 radical (unpaired) electrons. The standard InChI is InChI=1S/C7H11NO2S/c1-6-5-10-7(8-6)11-4-2-3-9/h5,9H,2-4H2,1H3. The lowest BCUT2D eigenvalue weighted by molar-refractivity contribution is 0.296. The van der Waals surface area contributed by atoms with Crippen molar-refractivity contribution in [2.24, 2.45) is 0 Å². The van der Waals surface area contributed by atoms with Gasteiger partial charge in [0.15, 0.2) is 0 Å². The average molecular weight is 173 g/mol. The highest BCUT2D eigenvalue weighted by atomic mass is 32.2. The fourth-order valence-corrected chi connectivity index (χ4v) is 1.40. The maximum atomic E-state index is 8.49. The van der Waals surface area contributed by atoms with Gasteiger partial charge in [0, 0.05) is 12.4 Å². The van der Waals surface area contributed by atoms with Gasteiger partial charge in [0.25, 0.3) is 5.22 Å². The number of aliphatic hydroxyl groups excluding tert-OH is 1. The van der Waals surface area contributed by atoms with Crippen LogP contribution in [0.1, 0.15) is 12.1 Å². The lowest BCUT2D eigenvalue weighted by Gasteiger charge is -1.91. The van der Waals surface area contributed by atoms with Crippen molar-refractivity contribution in [1.82, 2.24) is 4.98 Å². The molecule has 0 unspecified atom stereocenters. The summed E-state index contributed by atoms with van der Waals surface area (Å²) in [5.74, 6) is 0.858. The van der Waals surface area contributed by atoms with Crippen molar-refractivity contribution in [3.63, 3.8) is 0 Å². The van der Waals surface area contributed by atoms with Crippen molar-refractivity contribution in [1.29, 1.82) is 0 Å². The van der Waals surface area contributed by atoms with Crippen molar-refractivity contribution in [3.8, 4) is 0 Å². The highest BCUT2D eigenvalue weighted by molar-refractivity contribution is 7.99. The Kier molecular flexibility index (Phi) is 3.45. The van der Waals surface area contributed by atoms with Crippen molar-refractivity contribution in [2.75, 3.05) is 12.4 Å². The summed E-state index contributed by atoms with van der Waals surface area (Å²) >= 11 is 1.53. The van der Waals surface area contributed by atoms with E-state index >= 15 is 0 Å². The molecular weight excluding hydrogens is 162 g/mol. The molecule has 1 N–H and O–H groups in total. The van der Waals surface area contributed by atoms with Gasteiger partial charge in [-0.15, -0.1) is 0 Å². The zero-order chi connectivity index (χ0) is 8.10. The molecule has 1 aromatic rings. The lowest BCUT2D eigenvalue weighted by Crippen LogP contribution is -1.85. The highest BCUT2D eigenvalue weighted by Gasteiger charge is 1.99. The molecule has 0 atom stereocenters. The van der Waals surface area contributed by atoms with Gasteiger partial charge >= 0.3 is 0 Å². The molecule has 3 nitrogen and oxygen atoms in total. The van der Waals surface area contributed by atoms with E-state index in [0.29, 0.717) is 5.22 Å². The summed E-state index contributed by atoms with van der Waals surface area (Å²) in [6.07, 6.45) is 2.41. The van der Waals surface area contributed by atoms with Gasteiger partial charge in [-0.1, -0.05) is 11.8 Å². The number of hydrogen-bond donors (Lipinski definition) is 1. The summed E-state index contributed by atoms with van der Waals surface area (Å²) < 4.78 is 5.08. The van der Waals surface area contributed by atoms with E-state index < -0.39 is 0 Å². The van der Waals surface area contributed by atoms with Gasteiger partial charge in [-0.05, 0) is 13.3 Å². The fraction of sp³-hybridized carbons (Fsp3) is 0.571. The third kappa shape index (κ3) is 2.95. The SMILES string of the molecule is Cc1coc(SCCCO)n1. The first-order valence-electron chi connectivity index (χ1n) is 3.48. The molecule has 62 valence electrons. The summed E-state index contributed by atoms with van der Waals surface area (Å²) in [6.45, 7) is 2.12. The predicted octanol–water partition coefficient (Wildman–Crippen LogP) is 1.46. The van der Waals surface area contributed by atoms with Crippen molar-refractivity contribution >= 4 is 11.8 Å². The maximum absolute atomic E-state index is 8.49. The van der Waals surface area contributed by atoms with E-state index in [1.165, 1.54) is 11.8 Å². The molecule has 1 heterocycles. The van der Waals surface area contributed by atoms with E-state index in [-0.39, 0.29) is 6.61 Å². The fourth-order valence-electron chi connectivity index (χ4n) is 0.623. The largest absolute Gasteiger partial charge is 0.440 e. The molecule has 1 aromatic heterocycles. The van der Waals surface area contributed by atoms with Crippen molar-refractivity contribution in [3.05, 3.63) is 12.0 Å². The van der Waals surface area contributed by atoms with Crippen LogP contribution in [0, 0.1) is 6.92 Å². The minimum absolute atomic E-state index is 0.229. The number of aromatic nitrogens is 1. The van der Waals surface area contributed by atoms with E-state index in [2.05, 4.69) is 4.98 Å². The molecule has 11 heavy (non-hydrogen) atoms. The van der Waals surface area contributed by atoms with E-state index in [1.807, 2.05) is 6.92 Å². The number of aryl methyl sites for hydroxylation is 1. The Bertz CT molecular complexity index is 212. The summed E-state index contributed by atoms with van der Waals surface area (Å²) in [5, 5.41) is 9.18. The first-order chi connectivity index (χ1) is 5.33. The first kappa shape index (κ1) is 8.62. The summed E-state index contributed by atoms with van der Waals surface area (Å²) in [6, 6.07) is 0. The third-order valence-electron chi connectivity index (χ3n) is 1.13. The van der Waals surface area contributed by atoms with Gasteiger partial charge < -0.3 is 9.52 Å². The second-order valence-corrected chi connectivity index (χ2v) is 3.23. The van der Waals surface area contributed by atoms with Crippen molar-refractivity contribution < 1.29 is 9.52 Å². The smallest absolute Gasteiger partial charge is 0.255 e. The molecular formula is C7H11NO2S. The second kappa shape index (κ2) is 4.41. The monoisotopic (exact) mass is 173 g/mol. The molecule has 0 aliphatic carbocycles. The first-order valence-corrected chi connectivity index (χ1v) is 4.47. The van der Waals surface area contributed by atoms with Crippen LogP contribution >= 0.6 is 11.8 Å². The van der Waals surface area contributed by atoms with E-state index in [0.717, 1.165) is 17.9 Å². The molecule has 0 spiro atoms. The molecule has 4 heteroatoms. The van der Waals surface area contributed by atoms with Crippen LogP contribution in [0.5, 0.6) is 0 Å². The Balaban J connectivity index is 2.27. The van der Waals surface area contributed by atoms with Crippen LogP contribution in [-0.2, 0) is 0 Å². The highest BCUT2D eigenvalue weighted by Crippen LogP contribution is 2.16. The molecule has 0 aliphatic heterocycles. The predicted molar refractivity (Wildman–Crippen MR) is 43.7 cm³/mol. The van der Waals surface area contributed by atoms with Gasteiger partial charge in [-0.2, -0.15) is 0 Å². The van der Waals surface area contributed by atoms with E-state index in [4.69, 9.17) is 9.52 Å². The van der Waals surface area contributed by atoms with Gasteiger partial charge in [0.2, 0.25) is 0 Å². The summed E-state index contributed by atoms with van der Waals surface area (Å²) in [7, 11) is 0. The Morgan fingerprint density at radius 3 is 3.09 bits per heavy atom. The summed E-state index contributed by atoms with van der Waals surface area (Å²) in [5.41, 5.74) is 0.900. The number of oxazole rings is 1. The van der Waals surface area contributed by atoms with Gasteiger partial charge in [0.05, 0.1) is 5.69 Å². The maximum Gasteiger partial charge on any atom is 0.255 e. The van der Waals surface area contributed by atoms with E-state index in [1.54, 1.807) is 6.26 Å². The minimum atomic E-state index is 0.229. The quantitative estimate of drug-likeness (QED) is 0.553. The topological polar surface area (TPSA) is 46.3 Å². The Morgan fingerprint density at radius 1 is 1.73 bits per heavy atom. The van der Waals surface area contributed by atoms with Crippen LogP contribution in [0.4, 0.5) is 0 Å². The van der Waals surface area contributed by atoms with Gasteiger partial charge in [0.1, 0.15) is 6.26 Å². The zero-order valence-electron chi connectivity index (χ0n) is 6.41. The molecule has 1 rings (SSSR count). The van der Waals surface area contributed by atoms with Crippen LogP contribution in [-0.4, -0.2) is 22.5 Å². The second-order valence-electron chi connectivity index (χ2n) is 2.18. The molecule has 0 saturated carbocycles. The number of rotatable bonds is 4. The molecule has 0 saturated heterocycles. The molecule has 0 bridgehead atoms. The van der Waals surface area contributed by atoms with Crippen LogP contribution in [0.2, 0.25) is 0 Å². The third-order valence-corrected chi connectivity index (χ3v) is 2.05. The lowest BCUT2D eigenvalue weighted by atomic mass is 10.5. The number of nitrogens with zero attached hydrogens (tertiary/aromatic N) is 1. The van der Waals surface area contributed by atoms with Crippen LogP contribution < -0.4 is 0 Å².